The highest BCUT2D eigenvalue weighted by atomic mass is 35.5. The molecule has 2 rings (SSSR count). The average molecular weight is 380 g/mol. The summed E-state index contributed by atoms with van der Waals surface area (Å²) in [5.74, 6) is 1.97. The van der Waals surface area contributed by atoms with Crippen molar-refractivity contribution in [2.24, 2.45) is 11.8 Å². The number of hydrogen-bond donors (Lipinski definition) is 1. The molecule has 1 aromatic rings. The van der Waals surface area contributed by atoms with Gasteiger partial charge in [-0.1, -0.05) is 45.2 Å². The van der Waals surface area contributed by atoms with Crippen LogP contribution in [0.1, 0.15) is 52.0 Å². The summed E-state index contributed by atoms with van der Waals surface area (Å²) in [6.45, 7) is 6.91. The van der Waals surface area contributed by atoms with Gasteiger partial charge in [0.2, 0.25) is 5.91 Å². The molecular formula is C21H30ClNO3. The maximum absolute atomic E-state index is 12.2. The van der Waals surface area contributed by atoms with Gasteiger partial charge in [-0.3, -0.25) is 4.79 Å². The number of benzene rings is 1. The molecule has 2 atom stereocenters. The number of ether oxygens (including phenoxy) is 2. The first-order chi connectivity index (χ1) is 12.4. The summed E-state index contributed by atoms with van der Waals surface area (Å²) in [6, 6.07) is 3.88. The fraction of sp³-hybridized carbons (Fsp3) is 0.571. The summed E-state index contributed by atoms with van der Waals surface area (Å²) in [5, 5.41) is 3.59. The smallest absolute Gasteiger partial charge is 0.244 e. The molecule has 0 bridgehead atoms. The topological polar surface area (TPSA) is 47.6 Å². The number of rotatable bonds is 7. The molecule has 0 saturated heterocycles. The van der Waals surface area contributed by atoms with Crippen molar-refractivity contribution < 1.29 is 14.3 Å². The molecule has 1 amide bonds. The Morgan fingerprint density at radius 2 is 2.08 bits per heavy atom. The summed E-state index contributed by atoms with van der Waals surface area (Å²) < 4.78 is 11.2. The van der Waals surface area contributed by atoms with E-state index < -0.39 is 0 Å². The highest BCUT2D eigenvalue weighted by molar-refractivity contribution is 6.32. The van der Waals surface area contributed by atoms with Gasteiger partial charge in [0, 0.05) is 12.1 Å². The zero-order valence-electron chi connectivity index (χ0n) is 16.2. The summed E-state index contributed by atoms with van der Waals surface area (Å²) in [6.07, 6.45) is 7.99. The number of halogens is 1. The Balaban J connectivity index is 2.04. The molecule has 0 radical (unpaired) electrons. The highest BCUT2D eigenvalue weighted by Crippen LogP contribution is 2.37. The van der Waals surface area contributed by atoms with E-state index >= 15 is 0 Å². The molecule has 0 unspecified atom stereocenters. The highest BCUT2D eigenvalue weighted by Gasteiger charge is 2.22. The van der Waals surface area contributed by atoms with Crippen LogP contribution in [0.5, 0.6) is 11.5 Å². The summed E-state index contributed by atoms with van der Waals surface area (Å²) in [4.78, 5) is 12.2. The largest absolute Gasteiger partial charge is 0.493 e. The second-order valence-electron chi connectivity index (χ2n) is 7.45. The van der Waals surface area contributed by atoms with E-state index in [1.165, 1.54) is 19.3 Å². The molecule has 1 N–H and O–H groups in total. The van der Waals surface area contributed by atoms with Crippen LogP contribution >= 0.6 is 11.6 Å². The lowest BCUT2D eigenvalue weighted by Crippen LogP contribution is -2.40. The second kappa shape index (κ2) is 9.86. The van der Waals surface area contributed by atoms with Gasteiger partial charge in [-0.05, 0) is 48.4 Å². The lowest BCUT2D eigenvalue weighted by Gasteiger charge is -2.29. The molecule has 0 spiro atoms. The van der Waals surface area contributed by atoms with Crippen LogP contribution in [-0.2, 0) is 4.79 Å². The zero-order chi connectivity index (χ0) is 19.1. The monoisotopic (exact) mass is 379 g/mol. The van der Waals surface area contributed by atoms with Gasteiger partial charge in [0.1, 0.15) is 0 Å². The Kier molecular flexibility index (Phi) is 7.83. The first-order valence-corrected chi connectivity index (χ1v) is 9.77. The number of amides is 1. The molecule has 144 valence electrons. The Bertz CT molecular complexity index is 642. The normalized spacial score (nSPS) is 20.4. The number of hydrogen-bond acceptors (Lipinski definition) is 3. The van der Waals surface area contributed by atoms with Gasteiger partial charge >= 0.3 is 0 Å². The molecule has 1 aromatic carbocycles. The average Bonchev–Trinajstić information content (AvgIpc) is 2.60. The minimum absolute atomic E-state index is 0.0704. The van der Waals surface area contributed by atoms with Crippen molar-refractivity contribution in [3.05, 3.63) is 28.8 Å². The Morgan fingerprint density at radius 1 is 1.35 bits per heavy atom. The number of carbonyl (C=O) groups is 1. The molecule has 0 heterocycles. The third-order valence-electron chi connectivity index (χ3n) is 4.68. The molecule has 0 aromatic heterocycles. The van der Waals surface area contributed by atoms with Crippen LogP contribution < -0.4 is 14.8 Å². The van der Waals surface area contributed by atoms with Gasteiger partial charge in [0.25, 0.3) is 0 Å². The molecule has 1 fully saturated rings. The van der Waals surface area contributed by atoms with Crippen LogP contribution in [0.3, 0.4) is 0 Å². The van der Waals surface area contributed by atoms with E-state index in [9.17, 15) is 4.79 Å². The van der Waals surface area contributed by atoms with Gasteiger partial charge in [0.05, 0.1) is 18.7 Å². The Labute approximate surface area is 161 Å². The van der Waals surface area contributed by atoms with Gasteiger partial charge < -0.3 is 14.8 Å². The van der Waals surface area contributed by atoms with E-state index in [4.69, 9.17) is 21.1 Å². The maximum atomic E-state index is 12.2. The minimum Gasteiger partial charge on any atom is -0.493 e. The molecular weight excluding hydrogens is 350 g/mol. The predicted molar refractivity (Wildman–Crippen MR) is 107 cm³/mol. The van der Waals surface area contributed by atoms with Gasteiger partial charge in [0.15, 0.2) is 11.5 Å². The predicted octanol–water partition coefficient (Wildman–Crippen LogP) is 5.09. The molecule has 4 nitrogen and oxygen atoms in total. The standard InChI is InChI=1S/C21H30ClNO3/c1-14(2)13-26-21-17(22)11-16(12-19(21)25-4)9-10-20(24)23-18-8-6-5-7-15(18)3/h9-12,14-15,18H,5-8,13H2,1-4H3,(H,23,24)/b10-9+/t15-,18-/m0/s1. The Hall–Kier alpha value is -1.68. The first kappa shape index (κ1) is 20.6. The second-order valence-corrected chi connectivity index (χ2v) is 7.86. The molecule has 1 aliphatic rings. The van der Waals surface area contributed by atoms with E-state index in [1.807, 2.05) is 6.07 Å². The van der Waals surface area contributed by atoms with Crippen molar-refractivity contribution in [3.63, 3.8) is 0 Å². The molecule has 26 heavy (non-hydrogen) atoms. The van der Waals surface area contributed by atoms with Crippen molar-refractivity contribution in [1.82, 2.24) is 5.32 Å². The lowest BCUT2D eigenvalue weighted by molar-refractivity contribution is -0.117. The fourth-order valence-corrected chi connectivity index (χ4v) is 3.43. The van der Waals surface area contributed by atoms with Crippen molar-refractivity contribution in [1.29, 1.82) is 0 Å². The molecule has 1 saturated carbocycles. The van der Waals surface area contributed by atoms with Gasteiger partial charge in [-0.25, -0.2) is 0 Å². The third kappa shape index (κ3) is 5.94. The Morgan fingerprint density at radius 3 is 2.73 bits per heavy atom. The minimum atomic E-state index is -0.0704. The fourth-order valence-electron chi connectivity index (χ4n) is 3.16. The van der Waals surface area contributed by atoms with Crippen molar-refractivity contribution in [2.45, 2.75) is 52.5 Å². The SMILES string of the molecule is COc1cc(/C=C/C(=O)N[C@H]2CCCC[C@@H]2C)cc(Cl)c1OCC(C)C. The van der Waals surface area contributed by atoms with Crippen LogP contribution in [0.15, 0.2) is 18.2 Å². The van der Waals surface area contributed by atoms with Crippen molar-refractivity contribution in [3.8, 4) is 11.5 Å². The molecule has 0 aliphatic heterocycles. The quantitative estimate of drug-likeness (QED) is 0.671. The summed E-state index contributed by atoms with van der Waals surface area (Å²) in [7, 11) is 1.58. The van der Waals surface area contributed by atoms with E-state index in [0.29, 0.717) is 35.0 Å². The number of methoxy groups -OCH3 is 1. The zero-order valence-corrected chi connectivity index (χ0v) is 16.9. The number of carbonyl (C=O) groups excluding carboxylic acids is 1. The van der Waals surface area contributed by atoms with E-state index in [-0.39, 0.29) is 11.9 Å². The molecule has 1 aliphatic carbocycles. The summed E-state index contributed by atoms with van der Waals surface area (Å²) in [5.41, 5.74) is 0.801. The van der Waals surface area contributed by atoms with Crippen LogP contribution in [0.25, 0.3) is 6.08 Å². The first-order valence-electron chi connectivity index (χ1n) is 9.39. The van der Waals surface area contributed by atoms with Crippen LogP contribution in [-0.4, -0.2) is 25.7 Å². The van der Waals surface area contributed by atoms with Crippen LogP contribution in [0.2, 0.25) is 5.02 Å². The third-order valence-corrected chi connectivity index (χ3v) is 4.96. The molecule has 5 heteroatoms. The van der Waals surface area contributed by atoms with Crippen LogP contribution in [0, 0.1) is 11.8 Å². The van der Waals surface area contributed by atoms with E-state index in [1.54, 1.807) is 25.3 Å². The van der Waals surface area contributed by atoms with Gasteiger partial charge in [-0.15, -0.1) is 0 Å². The van der Waals surface area contributed by atoms with E-state index in [0.717, 1.165) is 12.0 Å². The lowest BCUT2D eigenvalue weighted by atomic mass is 9.86. The van der Waals surface area contributed by atoms with Crippen LogP contribution in [0.4, 0.5) is 0 Å². The number of nitrogens with one attached hydrogen (secondary N) is 1. The van der Waals surface area contributed by atoms with Gasteiger partial charge in [-0.2, -0.15) is 0 Å². The van der Waals surface area contributed by atoms with Crippen molar-refractivity contribution in [2.75, 3.05) is 13.7 Å². The van der Waals surface area contributed by atoms with Crippen molar-refractivity contribution >= 4 is 23.6 Å². The summed E-state index contributed by atoms with van der Waals surface area (Å²) >= 11 is 6.35. The maximum Gasteiger partial charge on any atom is 0.244 e. The van der Waals surface area contributed by atoms with E-state index in [2.05, 4.69) is 26.1 Å².